The van der Waals surface area contributed by atoms with Crippen molar-refractivity contribution in [1.29, 1.82) is 0 Å². The van der Waals surface area contributed by atoms with Crippen LogP contribution in [0.1, 0.15) is 39.2 Å². The Morgan fingerprint density at radius 1 is 1.29 bits per heavy atom. The van der Waals surface area contributed by atoms with Crippen LogP contribution in [-0.2, 0) is 19.1 Å². The van der Waals surface area contributed by atoms with Gasteiger partial charge in [0.2, 0.25) is 0 Å². The fourth-order valence-electron chi connectivity index (χ4n) is 3.60. The van der Waals surface area contributed by atoms with E-state index in [0.717, 1.165) is 17.4 Å². The minimum atomic E-state index is -4.53. The molecular formula is C20H19Cl2F3N4OS. The summed E-state index contributed by atoms with van der Waals surface area (Å²) in [6.07, 6.45) is -3.15. The fourth-order valence-corrected chi connectivity index (χ4v) is 5.23. The van der Waals surface area contributed by atoms with Crippen molar-refractivity contribution in [3.8, 4) is 11.3 Å². The Balaban J connectivity index is 2.21. The summed E-state index contributed by atoms with van der Waals surface area (Å²) in [6.45, 7) is 2.27. The summed E-state index contributed by atoms with van der Waals surface area (Å²) in [5.41, 5.74) is 12.2. The maximum atomic E-state index is 13.5. The zero-order chi connectivity index (χ0) is 22.9. The third-order valence-corrected chi connectivity index (χ3v) is 6.64. The van der Waals surface area contributed by atoms with Gasteiger partial charge in [-0.15, -0.1) is 11.3 Å². The lowest BCUT2D eigenvalue weighted by Crippen LogP contribution is -2.21. The van der Waals surface area contributed by atoms with E-state index in [1.54, 1.807) is 4.68 Å². The molecule has 0 fully saturated rings. The largest absolute Gasteiger partial charge is 0.416 e. The number of rotatable bonds is 7. The highest BCUT2D eigenvalue weighted by Crippen LogP contribution is 2.47. The summed E-state index contributed by atoms with van der Waals surface area (Å²) >= 11 is 13.8. The molecule has 3 rings (SSSR count). The first-order valence-corrected chi connectivity index (χ1v) is 10.9. The van der Waals surface area contributed by atoms with Gasteiger partial charge >= 0.3 is 6.18 Å². The first-order chi connectivity index (χ1) is 14.6. The molecule has 0 spiro atoms. The number of hydrogen-bond acceptors (Lipinski definition) is 4. The first kappa shape index (κ1) is 23.6. The summed E-state index contributed by atoms with van der Waals surface area (Å²) in [7, 11) is 0. The summed E-state index contributed by atoms with van der Waals surface area (Å²) in [5, 5.41) is 4.49. The van der Waals surface area contributed by atoms with Crippen molar-refractivity contribution in [3.63, 3.8) is 0 Å². The van der Waals surface area contributed by atoms with Crippen LogP contribution < -0.4 is 11.5 Å². The summed E-state index contributed by atoms with van der Waals surface area (Å²) < 4.78 is 42.4. The van der Waals surface area contributed by atoms with Crippen molar-refractivity contribution in [2.24, 2.45) is 11.5 Å². The molecule has 0 aliphatic rings. The monoisotopic (exact) mass is 490 g/mol. The van der Waals surface area contributed by atoms with Crippen LogP contribution in [0.2, 0.25) is 9.36 Å². The predicted octanol–water partition coefficient (Wildman–Crippen LogP) is 5.34. The van der Waals surface area contributed by atoms with E-state index in [-0.39, 0.29) is 27.7 Å². The molecule has 0 radical (unpaired) electrons. The molecule has 11 heteroatoms. The molecule has 0 aliphatic carbocycles. The second-order valence-corrected chi connectivity index (χ2v) is 8.84. The van der Waals surface area contributed by atoms with Crippen molar-refractivity contribution in [2.75, 3.05) is 6.54 Å². The zero-order valence-electron chi connectivity index (χ0n) is 16.3. The molecule has 0 aliphatic heterocycles. The molecule has 0 saturated heterocycles. The van der Waals surface area contributed by atoms with Crippen LogP contribution in [0.15, 0.2) is 30.5 Å². The normalized spacial score (nSPS) is 12.9. The van der Waals surface area contributed by atoms with E-state index in [0.29, 0.717) is 28.4 Å². The number of amides is 1. The molecule has 0 saturated carbocycles. The van der Waals surface area contributed by atoms with E-state index in [1.165, 1.54) is 24.4 Å². The molecule has 3 aromatic rings. The number of aromatic nitrogens is 2. The molecule has 1 atom stereocenters. The van der Waals surface area contributed by atoms with Gasteiger partial charge in [0.1, 0.15) is 4.34 Å². The molecular weight excluding hydrogens is 472 g/mol. The van der Waals surface area contributed by atoms with Gasteiger partial charge in [-0.2, -0.15) is 18.3 Å². The average Bonchev–Trinajstić information content (AvgIpc) is 3.24. The number of primary amides is 1. The lowest BCUT2D eigenvalue weighted by molar-refractivity contribution is -0.138. The number of alkyl halides is 3. The van der Waals surface area contributed by atoms with Crippen molar-refractivity contribution in [3.05, 3.63) is 61.4 Å². The molecule has 0 bridgehead atoms. The summed E-state index contributed by atoms with van der Waals surface area (Å²) in [6, 6.07) is 5.26. The number of aryl methyl sites for hydroxylation is 1. The van der Waals surface area contributed by atoms with E-state index in [9.17, 15) is 18.0 Å². The smallest absolute Gasteiger partial charge is 0.365 e. The standard InChI is InChI=1S/C20H19Cl2F3N4OS/c1-2-29-16(13(21)9-28-29)15-14(17(19(27)30)31-18(15)22)11(8-26)7-10-5-3-4-6-12(10)20(23,24)25/h3-6,9,11H,2,7-8,26H2,1H3,(H2,27,30)/t11-/m1/s1. The van der Waals surface area contributed by atoms with Gasteiger partial charge in [-0.25, -0.2) is 0 Å². The second kappa shape index (κ2) is 9.20. The van der Waals surface area contributed by atoms with Crippen LogP contribution in [0.25, 0.3) is 11.3 Å². The number of carbonyl (C=O) groups is 1. The number of nitrogens with zero attached hydrogens (tertiary/aromatic N) is 2. The molecule has 0 unspecified atom stereocenters. The predicted molar refractivity (Wildman–Crippen MR) is 117 cm³/mol. The number of carbonyl (C=O) groups excluding carboxylic acids is 1. The average molecular weight is 491 g/mol. The van der Waals surface area contributed by atoms with E-state index < -0.39 is 23.6 Å². The molecule has 4 N–H and O–H groups in total. The minimum absolute atomic E-state index is 0.0373. The Hall–Kier alpha value is -2.07. The highest BCUT2D eigenvalue weighted by molar-refractivity contribution is 7.18. The fraction of sp³-hybridized carbons (Fsp3) is 0.300. The van der Waals surface area contributed by atoms with Gasteiger partial charge in [0.15, 0.2) is 0 Å². The molecule has 5 nitrogen and oxygen atoms in total. The van der Waals surface area contributed by atoms with Crippen molar-refractivity contribution >= 4 is 40.4 Å². The van der Waals surface area contributed by atoms with Crippen molar-refractivity contribution in [1.82, 2.24) is 9.78 Å². The molecule has 2 aromatic heterocycles. The minimum Gasteiger partial charge on any atom is -0.365 e. The van der Waals surface area contributed by atoms with Gasteiger partial charge in [-0.1, -0.05) is 41.4 Å². The topological polar surface area (TPSA) is 86.9 Å². The summed E-state index contributed by atoms with van der Waals surface area (Å²) in [4.78, 5) is 12.3. The third kappa shape index (κ3) is 4.59. The van der Waals surface area contributed by atoms with Gasteiger partial charge in [0.05, 0.1) is 27.4 Å². The highest BCUT2D eigenvalue weighted by Gasteiger charge is 2.35. The van der Waals surface area contributed by atoms with Crippen LogP contribution in [-0.4, -0.2) is 22.2 Å². The van der Waals surface area contributed by atoms with E-state index in [1.807, 2.05) is 6.92 Å². The SMILES string of the molecule is CCn1ncc(Cl)c1-c1c(Cl)sc(C(N)=O)c1[C@@H](CN)Cc1ccccc1C(F)(F)F. The van der Waals surface area contributed by atoms with Gasteiger partial charge in [-0.05, 0) is 37.1 Å². The van der Waals surface area contributed by atoms with Crippen LogP contribution in [0.4, 0.5) is 13.2 Å². The Morgan fingerprint density at radius 2 is 1.97 bits per heavy atom. The lowest BCUT2D eigenvalue weighted by Gasteiger charge is -2.21. The first-order valence-electron chi connectivity index (χ1n) is 9.28. The lowest BCUT2D eigenvalue weighted by atomic mass is 9.87. The van der Waals surface area contributed by atoms with E-state index in [4.69, 9.17) is 34.7 Å². The van der Waals surface area contributed by atoms with Gasteiger partial charge in [0.25, 0.3) is 5.91 Å². The maximum absolute atomic E-state index is 13.5. The molecule has 31 heavy (non-hydrogen) atoms. The number of nitrogens with two attached hydrogens (primary N) is 2. The Labute approximate surface area is 190 Å². The molecule has 1 amide bonds. The van der Waals surface area contributed by atoms with E-state index >= 15 is 0 Å². The highest BCUT2D eigenvalue weighted by atomic mass is 35.5. The Kier molecular flexibility index (Phi) is 7.00. The van der Waals surface area contributed by atoms with Gasteiger partial charge in [-0.3, -0.25) is 9.48 Å². The van der Waals surface area contributed by atoms with Crippen LogP contribution in [0, 0.1) is 0 Å². The summed E-state index contributed by atoms with van der Waals surface area (Å²) in [5.74, 6) is -1.41. The third-order valence-electron chi connectivity index (χ3n) is 4.94. The number of thiophene rings is 1. The Morgan fingerprint density at radius 3 is 2.55 bits per heavy atom. The Bertz CT molecular complexity index is 1110. The van der Waals surface area contributed by atoms with E-state index in [2.05, 4.69) is 5.10 Å². The van der Waals surface area contributed by atoms with Crippen molar-refractivity contribution < 1.29 is 18.0 Å². The van der Waals surface area contributed by atoms with Gasteiger partial charge < -0.3 is 11.5 Å². The van der Waals surface area contributed by atoms with Crippen LogP contribution >= 0.6 is 34.5 Å². The number of benzene rings is 1. The quantitative estimate of drug-likeness (QED) is 0.468. The van der Waals surface area contributed by atoms with Crippen LogP contribution in [0.3, 0.4) is 0 Å². The second-order valence-electron chi connectivity index (χ2n) is 6.81. The molecule has 166 valence electrons. The van der Waals surface area contributed by atoms with Gasteiger partial charge in [0, 0.05) is 18.0 Å². The zero-order valence-corrected chi connectivity index (χ0v) is 18.7. The number of hydrogen-bond donors (Lipinski definition) is 2. The molecule has 1 aromatic carbocycles. The number of halogens is 5. The molecule has 2 heterocycles. The van der Waals surface area contributed by atoms with Crippen molar-refractivity contribution in [2.45, 2.75) is 32.0 Å². The van der Waals surface area contributed by atoms with Crippen LogP contribution in [0.5, 0.6) is 0 Å². The maximum Gasteiger partial charge on any atom is 0.416 e.